The fourth-order valence-electron chi connectivity index (χ4n) is 2.21. The molecule has 0 fully saturated rings. The number of carbonyl (C=O) groups excluding carboxylic acids is 2. The first-order valence-electron chi connectivity index (χ1n) is 7.92. The van der Waals surface area contributed by atoms with Crippen molar-refractivity contribution in [2.75, 3.05) is 18.9 Å². The lowest BCUT2D eigenvalue weighted by Crippen LogP contribution is -2.33. The molecule has 0 aliphatic carbocycles. The van der Waals surface area contributed by atoms with Crippen molar-refractivity contribution in [3.8, 4) is 0 Å². The van der Waals surface area contributed by atoms with Gasteiger partial charge in [-0.25, -0.2) is 4.39 Å². The molecule has 1 N–H and O–H groups in total. The number of carbonyl (C=O) groups is 2. The molecule has 0 saturated carbocycles. The maximum absolute atomic E-state index is 13.5. The number of alkyl halides is 3. The van der Waals surface area contributed by atoms with Crippen LogP contribution in [0.1, 0.15) is 11.1 Å². The fraction of sp³-hybridized carbons (Fsp3) is 0.158. The van der Waals surface area contributed by atoms with E-state index in [4.69, 9.17) is 11.6 Å². The molecule has 0 aliphatic heterocycles. The minimum atomic E-state index is -4.66. The van der Waals surface area contributed by atoms with Crippen LogP contribution in [0.4, 0.5) is 23.2 Å². The third kappa shape index (κ3) is 5.82. The summed E-state index contributed by atoms with van der Waals surface area (Å²) in [5, 5.41) is 1.79. The van der Waals surface area contributed by atoms with Crippen molar-refractivity contribution >= 4 is 35.2 Å². The number of amides is 2. The van der Waals surface area contributed by atoms with Crippen LogP contribution in [0.25, 0.3) is 6.08 Å². The number of rotatable bonds is 5. The Kier molecular flexibility index (Phi) is 6.80. The number of halogens is 5. The van der Waals surface area contributed by atoms with E-state index < -0.39 is 40.9 Å². The molecule has 2 aromatic carbocycles. The van der Waals surface area contributed by atoms with Crippen molar-refractivity contribution in [2.24, 2.45) is 0 Å². The van der Waals surface area contributed by atoms with Gasteiger partial charge in [0.25, 0.3) is 0 Å². The van der Waals surface area contributed by atoms with Crippen molar-refractivity contribution in [1.82, 2.24) is 4.90 Å². The van der Waals surface area contributed by atoms with Gasteiger partial charge in [0, 0.05) is 24.4 Å². The predicted octanol–water partition coefficient (Wildman–Crippen LogP) is 4.61. The molecule has 0 atom stereocenters. The van der Waals surface area contributed by atoms with E-state index in [-0.39, 0.29) is 11.3 Å². The number of likely N-dealkylation sites (N-methyl/N-ethyl adjacent to an activating group) is 1. The van der Waals surface area contributed by atoms with E-state index in [1.165, 1.54) is 37.4 Å². The van der Waals surface area contributed by atoms with E-state index in [9.17, 15) is 27.2 Å². The zero-order valence-corrected chi connectivity index (χ0v) is 15.3. The van der Waals surface area contributed by atoms with Crippen molar-refractivity contribution in [3.05, 3.63) is 70.5 Å². The number of nitrogens with zero attached hydrogens (tertiary/aromatic N) is 1. The summed E-state index contributed by atoms with van der Waals surface area (Å²) in [4.78, 5) is 25.0. The molecule has 0 aromatic heterocycles. The molecule has 0 saturated heterocycles. The third-order valence-corrected chi connectivity index (χ3v) is 3.95. The van der Waals surface area contributed by atoms with Gasteiger partial charge < -0.3 is 10.2 Å². The number of benzene rings is 2. The molecule has 9 heteroatoms. The molecular formula is C19H15ClF4N2O2. The molecule has 2 aromatic rings. The Morgan fingerprint density at radius 2 is 1.86 bits per heavy atom. The molecule has 0 unspecified atom stereocenters. The highest BCUT2D eigenvalue weighted by atomic mass is 35.5. The Bertz CT molecular complexity index is 913. The van der Waals surface area contributed by atoms with Crippen LogP contribution in [0.15, 0.2) is 48.5 Å². The zero-order valence-electron chi connectivity index (χ0n) is 14.6. The van der Waals surface area contributed by atoms with Gasteiger partial charge in [0.15, 0.2) is 0 Å². The fourth-order valence-corrected chi connectivity index (χ4v) is 2.44. The number of nitrogens with one attached hydrogen (secondary N) is 1. The van der Waals surface area contributed by atoms with Gasteiger partial charge in [-0.15, -0.1) is 0 Å². The summed E-state index contributed by atoms with van der Waals surface area (Å²) in [5.41, 5.74) is -0.983. The van der Waals surface area contributed by atoms with Gasteiger partial charge in [-0.05, 0) is 30.3 Å². The van der Waals surface area contributed by atoms with Crippen LogP contribution in [-0.4, -0.2) is 30.3 Å². The summed E-state index contributed by atoms with van der Waals surface area (Å²) in [6.07, 6.45) is -2.31. The summed E-state index contributed by atoms with van der Waals surface area (Å²) in [5.74, 6) is -1.79. The Hall–Kier alpha value is -2.87. The summed E-state index contributed by atoms with van der Waals surface area (Å²) < 4.78 is 52.1. The molecule has 0 spiro atoms. The highest BCUT2D eigenvalue weighted by Gasteiger charge is 2.33. The molecule has 2 amide bonds. The maximum Gasteiger partial charge on any atom is 0.417 e. The highest BCUT2D eigenvalue weighted by Crippen LogP contribution is 2.36. The first-order chi connectivity index (χ1) is 13.1. The largest absolute Gasteiger partial charge is 0.417 e. The van der Waals surface area contributed by atoms with Gasteiger partial charge in [-0.1, -0.05) is 29.8 Å². The van der Waals surface area contributed by atoms with Crippen molar-refractivity contribution in [3.63, 3.8) is 0 Å². The minimum Gasteiger partial charge on any atom is -0.333 e. The van der Waals surface area contributed by atoms with Gasteiger partial charge in [0.1, 0.15) is 5.82 Å². The van der Waals surface area contributed by atoms with E-state index in [0.717, 1.165) is 17.0 Å². The zero-order chi connectivity index (χ0) is 20.9. The molecular weight excluding hydrogens is 400 g/mol. The number of anilines is 1. The van der Waals surface area contributed by atoms with E-state index in [1.54, 1.807) is 6.07 Å². The van der Waals surface area contributed by atoms with Crippen LogP contribution in [0.5, 0.6) is 0 Å². The summed E-state index contributed by atoms with van der Waals surface area (Å²) in [7, 11) is 1.33. The lowest BCUT2D eigenvalue weighted by atomic mass is 10.2. The lowest BCUT2D eigenvalue weighted by molar-refractivity contribution is -0.137. The normalized spacial score (nSPS) is 11.5. The van der Waals surface area contributed by atoms with Crippen molar-refractivity contribution in [1.29, 1.82) is 0 Å². The Labute approximate surface area is 163 Å². The maximum atomic E-state index is 13.5. The van der Waals surface area contributed by atoms with E-state index >= 15 is 0 Å². The molecule has 2 rings (SSSR count). The second kappa shape index (κ2) is 8.88. The third-order valence-electron chi connectivity index (χ3n) is 3.62. The monoisotopic (exact) mass is 414 g/mol. The molecule has 0 bridgehead atoms. The van der Waals surface area contributed by atoms with E-state index in [2.05, 4.69) is 5.32 Å². The van der Waals surface area contributed by atoms with Crippen LogP contribution in [0, 0.1) is 5.82 Å². The summed E-state index contributed by atoms with van der Waals surface area (Å²) in [6, 6.07) is 8.77. The van der Waals surface area contributed by atoms with Gasteiger partial charge in [0.2, 0.25) is 11.8 Å². The lowest BCUT2D eigenvalue weighted by Gasteiger charge is -2.16. The Balaban J connectivity index is 1.99. The topological polar surface area (TPSA) is 49.4 Å². The Morgan fingerprint density at radius 3 is 2.50 bits per heavy atom. The van der Waals surface area contributed by atoms with Crippen molar-refractivity contribution in [2.45, 2.75) is 6.18 Å². The van der Waals surface area contributed by atoms with E-state index in [0.29, 0.717) is 6.07 Å². The van der Waals surface area contributed by atoms with Gasteiger partial charge in [-0.2, -0.15) is 13.2 Å². The van der Waals surface area contributed by atoms with Gasteiger partial charge in [0.05, 0.1) is 17.1 Å². The average molecular weight is 415 g/mol. The number of hydrogen-bond donors (Lipinski definition) is 1. The van der Waals surface area contributed by atoms with Gasteiger partial charge >= 0.3 is 6.18 Å². The second-order valence-corrected chi connectivity index (χ2v) is 6.20. The first-order valence-corrected chi connectivity index (χ1v) is 8.30. The summed E-state index contributed by atoms with van der Waals surface area (Å²) >= 11 is 5.52. The van der Waals surface area contributed by atoms with Gasteiger partial charge in [-0.3, -0.25) is 9.59 Å². The standard InChI is InChI=1S/C19H15ClF4N2O2/c1-26(18(28)9-6-12-4-2-3-5-16(12)21)11-17(27)25-13-7-8-15(20)14(10-13)19(22,23)24/h2-10H,11H2,1H3,(H,25,27)/b9-6+. The predicted molar refractivity (Wildman–Crippen MR) is 98.2 cm³/mol. The summed E-state index contributed by atoms with van der Waals surface area (Å²) in [6.45, 7) is -0.412. The number of hydrogen-bond acceptors (Lipinski definition) is 2. The molecule has 148 valence electrons. The SMILES string of the molecule is CN(CC(=O)Nc1ccc(Cl)c(C(F)(F)F)c1)C(=O)/C=C/c1ccccc1F. The molecule has 28 heavy (non-hydrogen) atoms. The Morgan fingerprint density at radius 1 is 1.18 bits per heavy atom. The van der Waals surface area contributed by atoms with Crippen LogP contribution < -0.4 is 5.32 Å². The molecule has 4 nitrogen and oxygen atoms in total. The first kappa shape index (κ1) is 21.4. The smallest absolute Gasteiger partial charge is 0.333 e. The van der Waals surface area contributed by atoms with Crippen LogP contribution in [0.2, 0.25) is 5.02 Å². The average Bonchev–Trinajstić information content (AvgIpc) is 2.61. The molecule has 0 radical (unpaired) electrons. The van der Waals surface area contributed by atoms with E-state index in [1.807, 2.05) is 0 Å². The quantitative estimate of drug-likeness (QED) is 0.574. The molecule has 0 heterocycles. The second-order valence-electron chi connectivity index (χ2n) is 5.79. The van der Waals surface area contributed by atoms with Crippen LogP contribution >= 0.6 is 11.6 Å². The van der Waals surface area contributed by atoms with Crippen LogP contribution in [-0.2, 0) is 15.8 Å². The molecule has 0 aliphatic rings. The van der Waals surface area contributed by atoms with Crippen molar-refractivity contribution < 1.29 is 27.2 Å². The highest BCUT2D eigenvalue weighted by molar-refractivity contribution is 6.31. The van der Waals surface area contributed by atoms with Crippen LogP contribution in [0.3, 0.4) is 0 Å². The minimum absolute atomic E-state index is 0.107.